The summed E-state index contributed by atoms with van der Waals surface area (Å²) in [4.78, 5) is 8.57. The number of rotatable bonds is 0. The molecule has 0 aliphatic rings. The third-order valence-electron chi connectivity index (χ3n) is 2.32. The Morgan fingerprint density at radius 1 is 0.941 bits per heavy atom. The maximum atomic E-state index is 4.52. The summed E-state index contributed by atoms with van der Waals surface area (Å²) in [6, 6.07) is 12.2. The van der Waals surface area contributed by atoms with Crippen LogP contribution in [0.25, 0.3) is 21.8 Å². The predicted octanol–water partition coefficient (Wildman–Crippen LogP) is 4.20. The lowest BCUT2D eigenvalue weighted by molar-refractivity contribution is 1.09. The number of para-hydroxylation sites is 1. The fourth-order valence-corrected chi connectivity index (χ4v) is 1.62. The molecule has 2 nitrogen and oxygen atoms in total. The van der Waals surface area contributed by atoms with Crippen LogP contribution >= 0.6 is 0 Å². The molecule has 3 rings (SSSR count). The summed E-state index contributed by atoms with van der Waals surface area (Å²) in [6.07, 6.45) is 4.83. The van der Waals surface area contributed by atoms with Gasteiger partial charge in [0.25, 0.3) is 0 Å². The molecule has 2 heteroatoms. The van der Waals surface area contributed by atoms with Crippen molar-refractivity contribution in [1.29, 1.82) is 0 Å². The van der Waals surface area contributed by atoms with Crippen molar-refractivity contribution in [3.63, 3.8) is 0 Å². The first-order chi connectivity index (χ1) is 8.35. The first kappa shape index (κ1) is 11.5. The average molecular weight is 224 g/mol. The van der Waals surface area contributed by atoms with E-state index in [0.717, 1.165) is 16.4 Å². The largest absolute Gasteiger partial charge is 0.262 e. The zero-order chi connectivity index (χ0) is 12.1. The van der Waals surface area contributed by atoms with Crippen molar-refractivity contribution in [3.8, 4) is 0 Å². The minimum atomic E-state index is 0.950. The SMILES string of the molecule is CCC.c1ccc2nc3cnccc3cc2c1. The van der Waals surface area contributed by atoms with E-state index in [1.807, 2.05) is 24.3 Å². The summed E-state index contributed by atoms with van der Waals surface area (Å²) >= 11 is 0. The monoisotopic (exact) mass is 224 g/mol. The lowest BCUT2D eigenvalue weighted by Gasteiger charge is -1.99. The lowest BCUT2D eigenvalue weighted by atomic mass is 10.1. The van der Waals surface area contributed by atoms with Crippen LogP contribution in [0.1, 0.15) is 20.3 Å². The Bertz CT molecular complexity index is 512. The van der Waals surface area contributed by atoms with Gasteiger partial charge in [0.2, 0.25) is 0 Å². The zero-order valence-electron chi connectivity index (χ0n) is 10.2. The summed E-state index contributed by atoms with van der Waals surface area (Å²) in [5.41, 5.74) is 1.97. The van der Waals surface area contributed by atoms with Gasteiger partial charge in [-0.25, -0.2) is 4.98 Å². The van der Waals surface area contributed by atoms with Gasteiger partial charge >= 0.3 is 0 Å². The first-order valence-electron chi connectivity index (χ1n) is 5.94. The standard InChI is InChI=1S/C12H8N2.C3H8/c1-2-4-11-9(3-1)7-10-5-6-13-8-12(10)14-11;1-3-2/h1-8H;3H2,1-2H3. The molecule has 0 aliphatic carbocycles. The summed E-state index contributed by atoms with van der Waals surface area (Å²) in [7, 11) is 0. The fraction of sp³-hybridized carbons (Fsp3) is 0.200. The van der Waals surface area contributed by atoms with Gasteiger partial charge in [0.15, 0.2) is 0 Å². The lowest BCUT2D eigenvalue weighted by Crippen LogP contribution is -1.82. The third-order valence-corrected chi connectivity index (χ3v) is 2.32. The molecule has 0 N–H and O–H groups in total. The van der Waals surface area contributed by atoms with Crippen molar-refractivity contribution >= 4 is 21.8 Å². The molecule has 17 heavy (non-hydrogen) atoms. The van der Waals surface area contributed by atoms with Crippen LogP contribution in [0.2, 0.25) is 0 Å². The molecule has 0 atom stereocenters. The van der Waals surface area contributed by atoms with Gasteiger partial charge in [-0.15, -0.1) is 0 Å². The highest BCUT2D eigenvalue weighted by atomic mass is 14.7. The molecule has 0 spiro atoms. The van der Waals surface area contributed by atoms with Gasteiger partial charge in [0, 0.05) is 17.0 Å². The maximum Gasteiger partial charge on any atom is 0.0892 e. The second-order valence-corrected chi connectivity index (χ2v) is 3.96. The smallest absolute Gasteiger partial charge is 0.0892 e. The number of nitrogens with zero attached hydrogens (tertiary/aromatic N) is 2. The van der Waals surface area contributed by atoms with Crippen molar-refractivity contribution in [2.24, 2.45) is 0 Å². The Morgan fingerprint density at radius 2 is 1.65 bits per heavy atom. The highest BCUT2D eigenvalue weighted by Gasteiger charge is 1.97. The normalized spacial score (nSPS) is 10.0. The Balaban J connectivity index is 0.000000329. The highest BCUT2D eigenvalue weighted by Crippen LogP contribution is 2.17. The highest BCUT2D eigenvalue weighted by molar-refractivity contribution is 5.91. The van der Waals surface area contributed by atoms with Crippen LogP contribution in [0.4, 0.5) is 0 Å². The summed E-state index contributed by atoms with van der Waals surface area (Å²) in [5.74, 6) is 0. The van der Waals surface area contributed by atoms with Crippen molar-refractivity contribution in [1.82, 2.24) is 9.97 Å². The third kappa shape index (κ3) is 2.59. The molecule has 2 heterocycles. The van der Waals surface area contributed by atoms with Gasteiger partial charge in [0.1, 0.15) is 0 Å². The minimum absolute atomic E-state index is 0.950. The van der Waals surface area contributed by atoms with E-state index in [0.29, 0.717) is 0 Å². The Hall–Kier alpha value is -1.96. The van der Waals surface area contributed by atoms with E-state index < -0.39 is 0 Å². The van der Waals surface area contributed by atoms with Crippen molar-refractivity contribution in [2.45, 2.75) is 20.3 Å². The van der Waals surface area contributed by atoms with Crippen molar-refractivity contribution < 1.29 is 0 Å². The maximum absolute atomic E-state index is 4.52. The van der Waals surface area contributed by atoms with E-state index in [2.05, 4.69) is 35.9 Å². The van der Waals surface area contributed by atoms with Crippen molar-refractivity contribution in [2.75, 3.05) is 0 Å². The number of hydrogen-bond donors (Lipinski definition) is 0. The van der Waals surface area contributed by atoms with Gasteiger partial charge in [-0.1, -0.05) is 38.5 Å². The minimum Gasteiger partial charge on any atom is -0.262 e. The molecule has 0 saturated heterocycles. The zero-order valence-corrected chi connectivity index (χ0v) is 10.2. The number of fused-ring (bicyclic) bond motifs is 2. The van der Waals surface area contributed by atoms with E-state index >= 15 is 0 Å². The number of hydrogen-bond acceptors (Lipinski definition) is 2. The predicted molar refractivity (Wildman–Crippen MR) is 73.0 cm³/mol. The van der Waals surface area contributed by atoms with Gasteiger partial charge < -0.3 is 0 Å². The summed E-state index contributed by atoms with van der Waals surface area (Å²) < 4.78 is 0. The molecule has 1 aromatic carbocycles. The topological polar surface area (TPSA) is 25.8 Å². The molecule has 0 bridgehead atoms. The van der Waals surface area contributed by atoms with Crippen molar-refractivity contribution in [3.05, 3.63) is 48.8 Å². The van der Waals surface area contributed by atoms with E-state index in [4.69, 9.17) is 0 Å². The quantitative estimate of drug-likeness (QED) is 0.535. The van der Waals surface area contributed by atoms with Crippen LogP contribution in [0.15, 0.2) is 48.8 Å². The molecular weight excluding hydrogens is 208 g/mol. The van der Waals surface area contributed by atoms with E-state index in [9.17, 15) is 0 Å². The molecule has 2 aromatic heterocycles. The van der Waals surface area contributed by atoms with Crippen LogP contribution in [0.5, 0.6) is 0 Å². The van der Waals surface area contributed by atoms with Crippen LogP contribution in [-0.2, 0) is 0 Å². The molecule has 0 fully saturated rings. The summed E-state index contributed by atoms with van der Waals surface area (Å²) in [5, 5.41) is 2.31. The van der Waals surface area contributed by atoms with Crippen LogP contribution in [0.3, 0.4) is 0 Å². The van der Waals surface area contributed by atoms with Gasteiger partial charge in [-0.2, -0.15) is 0 Å². The second-order valence-electron chi connectivity index (χ2n) is 3.96. The Morgan fingerprint density at radius 3 is 2.47 bits per heavy atom. The van der Waals surface area contributed by atoms with E-state index in [1.165, 1.54) is 11.8 Å². The molecule has 3 aromatic rings. The first-order valence-corrected chi connectivity index (χ1v) is 5.94. The second kappa shape index (κ2) is 5.39. The van der Waals surface area contributed by atoms with Gasteiger partial charge in [-0.05, 0) is 18.2 Å². The molecule has 0 aliphatic heterocycles. The van der Waals surface area contributed by atoms with E-state index in [-0.39, 0.29) is 0 Å². The number of aromatic nitrogens is 2. The molecule has 86 valence electrons. The fourth-order valence-electron chi connectivity index (χ4n) is 1.62. The Kier molecular flexibility index (Phi) is 3.66. The Labute approximate surface area is 101 Å². The van der Waals surface area contributed by atoms with Gasteiger partial charge in [-0.3, -0.25) is 4.98 Å². The molecule has 0 saturated carbocycles. The van der Waals surface area contributed by atoms with Gasteiger partial charge in [0.05, 0.1) is 17.2 Å². The number of benzene rings is 1. The number of pyridine rings is 2. The average Bonchev–Trinajstić information content (AvgIpc) is 2.37. The summed E-state index contributed by atoms with van der Waals surface area (Å²) in [6.45, 7) is 4.25. The van der Waals surface area contributed by atoms with Crippen LogP contribution in [-0.4, -0.2) is 9.97 Å². The van der Waals surface area contributed by atoms with Crippen LogP contribution < -0.4 is 0 Å². The van der Waals surface area contributed by atoms with Crippen LogP contribution in [0, 0.1) is 0 Å². The van der Waals surface area contributed by atoms with E-state index in [1.54, 1.807) is 12.4 Å². The molecule has 0 unspecified atom stereocenters. The molecular formula is C15H16N2. The molecule has 0 amide bonds. The molecule has 0 radical (unpaired) electrons.